The lowest BCUT2D eigenvalue weighted by Crippen LogP contribution is -2.59. The molecule has 0 aromatic rings. The molecule has 0 atom stereocenters. The molecule has 3 rings (SSSR count). The Bertz CT molecular complexity index is 155. The molecule has 3 aliphatic heterocycles. The van der Waals surface area contributed by atoms with Crippen molar-refractivity contribution in [3.63, 3.8) is 0 Å². The van der Waals surface area contributed by atoms with E-state index in [1.165, 1.54) is 0 Å². The first kappa shape index (κ1) is 9.57. The summed E-state index contributed by atoms with van der Waals surface area (Å²) in [6, 6.07) is 0. The van der Waals surface area contributed by atoms with E-state index in [1.807, 2.05) is 0 Å². The highest BCUT2D eigenvalue weighted by Gasteiger charge is 2.42. The van der Waals surface area contributed by atoms with Crippen LogP contribution < -0.4 is 5.73 Å². The molecule has 0 aliphatic carbocycles. The number of hydrogen-bond donors (Lipinski definition) is 1. The predicted molar refractivity (Wildman–Crippen MR) is 49.1 cm³/mol. The average Bonchev–Trinajstić information content (AvgIpc) is 2.01. The molecule has 13 heavy (non-hydrogen) atoms. The summed E-state index contributed by atoms with van der Waals surface area (Å²) in [4.78, 5) is 2.29. The molecule has 5 nitrogen and oxygen atoms in total. The summed E-state index contributed by atoms with van der Waals surface area (Å²) >= 11 is 0. The third kappa shape index (κ3) is 2.09. The van der Waals surface area contributed by atoms with Gasteiger partial charge in [-0.3, -0.25) is 4.90 Å². The van der Waals surface area contributed by atoms with Crippen LogP contribution in [0.2, 0.25) is 0 Å². The minimum absolute atomic E-state index is 0.396. The fourth-order valence-electron chi connectivity index (χ4n) is 1.63. The van der Waals surface area contributed by atoms with Crippen LogP contribution in [0.5, 0.6) is 0 Å². The molecule has 0 amide bonds. The summed E-state index contributed by atoms with van der Waals surface area (Å²) in [5, 5.41) is 0. The quantitative estimate of drug-likeness (QED) is 0.544. The van der Waals surface area contributed by atoms with Crippen LogP contribution in [0, 0.1) is 0 Å². The molecule has 0 aromatic heterocycles. The maximum absolute atomic E-state index is 5.64. The van der Waals surface area contributed by atoms with Crippen molar-refractivity contribution in [1.29, 1.82) is 0 Å². The first-order valence-corrected chi connectivity index (χ1v) is 6.62. The molecule has 0 unspecified atom stereocenters. The molecule has 0 aromatic carbocycles. The van der Waals surface area contributed by atoms with E-state index in [-0.39, 0.29) is 0 Å². The lowest BCUT2D eigenvalue weighted by atomic mass is 10.4. The van der Waals surface area contributed by atoms with Crippen LogP contribution >= 0.6 is 0 Å². The zero-order valence-electron chi connectivity index (χ0n) is 7.70. The van der Waals surface area contributed by atoms with Gasteiger partial charge >= 0.3 is 8.80 Å². The minimum atomic E-state index is -2.45. The van der Waals surface area contributed by atoms with E-state index in [0.29, 0.717) is 26.0 Å². The van der Waals surface area contributed by atoms with Gasteiger partial charge in [0.2, 0.25) is 0 Å². The van der Waals surface area contributed by atoms with E-state index in [2.05, 4.69) is 4.90 Å². The highest BCUT2D eigenvalue weighted by atomic mass is 28.4. The van der Waals surface area contributed by atoms with Crippen molar-refractivity contribution in [1.82, 2.24) is 4.90 Å². The molecular weight excluding hydrogens is 188 g/mol. The molecule has 0 spiro atoms. The summed E-state index contributed by atoms with van der Waals surface area (Å²) in [5.41, 5.74) is 5.64. The van der Waals surface area contributed by atoms with Crippen molar-refractivity contribution in [2.45, 2.75) is 0 Å². The standard InChI is InChI=1S/C7H16N2O3Si/c8-7-13-10-4-1-9(2-5-11-13)3-6-12-13/h1-8H2. The Labute approximate surface area is 79.1 Å². The topological polar surface area (TPSA) is 57.0 Å². The Morgan fingerprint density at radius 1 is 1.00 bits per heavy atom. The summed E-state index contributed by atoms with van der Waals surface area (Å²) in [6.45, 7) is 4.97. The molecule has 76 valence electrons. The van der Waals surface area contributed by atoms with Crippen LogP contribution in [-0.4, -0.2) is 59.3 Å². The smallest absolute Gasteiger partial charge is 0.371 e. The van der Waals surface area contributed by atoms with Gasteiger partial charge in [-0.05, 0) is 0 Å². The Morgan fingerprint density at radius 2 is 1.46 bits per heavy atom. The van der Waals surface area contributed by atoms with Crippen LogP contribution in [0.1, 0.15) is 0 Å². The summed E-state index contributed by atoms with van der Waals surface area (Å²) < 4.78 is 16.9. The Hall–Kier alpha value is 0.0169. The van der Waals surface area contributed by atoms with Crippen LogP contribution in [0.15, 0.2) is 0 Å². The van der Waals surface area contributed by atoms with Gasteiger partial charge in [0.05, 0.1) is 26.0 Å². The molecule has 2 bridgehead atoms. The van der Waals surface area contributed by atoms with Crippen molar-refractivity contribution in [2.24, 2.45) is 5.73 Å². The Kier molecular flexibility index (Phi) is 2.97. The molecule has 3 heterocycles. The predicted octanol–water partition coefficient (Wildman–Crippen LogP) is -1.20. The Morgan fingerprint density at radius 3 is 1.85 bits per heavy atom. The van der Waals surface area contributed by atoms with Gasteiger partial charge in [-0.25, -0.2) is 0 Å². The normalized spacial score (nSPS) is 40.8. The highest BCUT2D eigenvalue weighted by Crippen LogP contribution is 2.13. The van der Waals surface area contributed by atoms with Crippen molar-refractivity contribution >= 4 is 8.80 Å². The highest BCUT2D eigenvalue weighted by molar-refractivity contribution is 6.60. The van der Waals surface area contributed by atoms with Crippen molar-refractivity contribution in [2.75, 3.05) is 45.6 Å². The van der Waals surface area contributed by atoms with Crippen molar-refractivity contribution in [3.8, 4) is 0 Å². The van der Waals surface area contributed by atoms with Gasteiger partial charge in [0.15, 0.2) is 0 Å². The number of nitrogens with zero attached hydrogens (tertiary/aromatic N) is 1. The van der Waals surface area contributed by atoms with Gasteiger partial charge in [0.25, 0.3) is 0 Å². The average molecular weight is 204 g/mol. The zero-order valence-corrected chi connectivity index (χ0v) is 8.70. The minimum Gasteiger partial charge on any atom is -0.371 e. The molecule has 0 saturated carbocycles. The van der Waals surface area contributed by atoms with Crippen molar-refractivity contribution < 1.29 is 13.3 Å². The van der Waals surface area contributed by atoms with Crippen LogP contribution in [0.4, 0.5) is 0 Å². The number of nitrogens with two attached hydrogens (primary N) is 1. The SMILES string of the molecule is NC[Si]12OCCN(CCO1)CCO2. The monoisotopic (exact) mass is 204 g/mol. The van der Waals surface area contributed by atoms with E-state index in [1.54, 1.807) is 0 Å². The maximum atomic E-state index is 5.64. The summed E-state index contributed by atoms with van der Waals surface area (Å²) in [5.74, 6) is 0. The molecule has 3 saturated heterocycles. The third-order valence-electron chi connectivity index (χ3n) is 2.44. The zero-order chi connectivity index (χ0) is 9.15. The molecular formula is C7H16N2O3Si. The van der Waals surface area contributed by atoms with Gasteiger partial charge in [-0.15, -0.1) is 0 Å². The largest absolute Gasteiger partial charge is 0.515 e. The van der Waals surface area contributed by atoms with E-state index in [4.69, 9.17) is 19.0 Å². The van der Waals surface area contributed by atoms with Crippen LogP contribution in [0.3, 0.4) is 0 Å². The first-order valence-electron chi connectivity index (χ1n) is 4.69. The van der Waals surface area contributed by atoms with Crippen molar-refractivity contribution in [3.05, 3.63) is 0 Å². The Balaban J connectivity index is 2.07. The van der Waals surface area contributed by atoms with Gasteiger partial charge in [-0.2, -0.15) is 0 Å². The fraction of sp³-hybridized carbons (Fsp3) is 1.00. The van der Waals surface area contributed by atoms with Gasteiger partial charge in [0, 0.05) is 19.6 Å². The van der Waals surface area contributed by atoms with Crippen LogP contribution in [-0.2, 0) is 13.3 Å². The first-order chi connectivity index (χ1) is 6.35. The van der Waals surface area contributed by atoms with E-state index < -0.39 is 8.80 Å². The number of rotatable bonds is 1. The van der Waals surface area contributed by atoms with Crippen LogP contribution in [0.25, 0.3) is 0 Å². The summed E-state index contributed by atoms with van der Waals surface area (Å²) in [6.07, 6.45) is 0.396. The second kappa shape index (κ2) is 4.03. The number of fused-ring (bicyclic) bond motifs is 6. The fourth-order valence-corrected chi connectivity index (χ4v) is 3.44. The van der Waals surface area contributed by atoms with Gasteiger partial charge in [-0.1, -0.05) is 0 Å². The van der Waals surface area contributed by atoms with E-state index in [9.17, 15) is 0 Å². The molecule has 3 aliphatic rings. The van der Waals surface area contributed by atoms with Gasteiger partial charge in [0.1, 0.15) is 0 Å². The molecule has 2 N–H and O–H groups in total. The van der Waals surface area contributed by atoms with E-state index >= 15 is 0 Å². The molecule has 6 heteroatoms. The number of hydrogen-bond acceptors (Lipinski definition) is 5. The lowest BCUT2D eigenvalue weighted by molar-refractivity contribution is -0.00731. The van der Waals surface area contributed by atoms with Gasteiger partial charge < -0.3 is 19.0 Å². The molecule has 0 radical (unpaired) electrons. The van der Waals surface area contributed by atoms with E-state index in [0.717, 1.165) is 19.6 Å². The maximum Gasteiger partial charge on any atom is 0.515 e. The summed E-state index contributed by atoms with van der Waals surface area (Å²) in [7, 11) is -2.45. The lowest BCUT2D eigenvalue weighted by Gasteiger charge is -2.37. The third-order valence-corrected chi connectivity index (χ3v) is 4.87. The molecule has 3 fully saturated rings. The second-order valence-corrected chi connectivity index (χ2v) is 5.91. The second-order valence-electron chi connectivity index (χ2n) is 3.27.